The number of nitrogens with one attached hydrogen (secondary N) is 1. The van der Waals surface area contributed by atoms with Gasteiger partial charge in [-0.2, -0.15) is 0 Å². The summed E-state index contributed by atoms with van der Waals surface area (Å²) in [5.41, 5.74) is -0.732. The maximum atomic E-state index is 12.2. The highest BCUT2D eigenvalue weighted by molar-refractivity contribution is 5.81. The Morgan fingerprint density at radius 2 is 1.80 bits per heavy atom. The molecule has 0 saturated heterocycles. The van der Waals surface area contributed by atoms with Crippen molar-refractivity contribution in [3.05, 3.63) is 0 Å². The monoisotopic (exact) mass is 281 g/mol. The minimum atomic E-state index is -0.746. The molecule has 20 heavy (non-hydrogen) atoms. The number of aliphatic carboxylic acids is 1. The molecular formula is C16H27NO3. The second kappa shape index (κ2) is 6.15. The van der Waals surface area contributed by atoms with Crippen molar-refractivity contribution in [3.63, 3.8) is 0 Å². The van der Waals surface area contributed by atoms with Crippen molar-refractivity contribution in [2.75, 3.05) is 6.54 Å². The third kappa shape index (κ3) is 3.15. The normalized spacial score (nSPS) is 37.6. The van der Waals surface area contributed by atoms with E-state index >= 15 is 0 Å². The van der Waals surface area contributed by atoms with Gasteiger partial charge < -0.3 is 10.4 Å². The summed E-state index contributed by atoms with van der Waals surface area (Å²) >= 11 is 0. The quantitative estimate of drug-likeness (QED) is 0.832. The predicted molar refractivity (Wildman–Crippen MR) is 77.2 cm³/mol. The molecule has 0 radical (unpaired) electrons. The molecule has 1 amide bonds. The van der Waals surface area contributed by atoms with Crippen molar-refractivity contribution in [3.8, 4) is 0 Å². The molecule has 0 aromatic rings. The predicted octanol–water partition coefficient (Wildman–Crippen LogP) is 2.82. The maximum Gasteiger partial charge on any atom is 0.311 e. The number of carboxylic acids is 1. The van der Waals surface area contributed by atoms with Gasteiger partial charge in [-0.1, -0.05) is 20.3 Å². The first-order chi connectivity index (χ1) is 9.44. The van der Waals surface area contributed by atoms with Gasteiger partial charge in [0.15, 0.2) is 0 Å². The van der Waals surface area contributed by atoms with Crippen LogP contribution in [-0.2, 0) is 9.59 Å². The Bertz CT molecular complexity index is 372. The summed E-state index contributed by atoms with van der Waals surface area (Å²) in [6, 6.07) is 0. The van der Waals surface area contributed by atoms with E-state index in [1.165, 1.54) is 0 Å². The van der Waals surface area contributed by atoms with E-state index in [-0.39, 0.29) is 11.8 Å². The first-order valence-corrected chi connectivity index (χ1v) is 7.96. The molecule has 2 saturated carbocycles. The van der Waals surface area contributed by atoms with Gasteiger partial charge in [-0.15, -0.1) is 0 Å². The van der Waals surface area contributed by atoms with Gasteiger partial charge >= 0.3 is 5.97 Å². The van der Waals surface area contributed by atoms with Crippen LogP contribution in [0.25, 0.3) is 0 Å². The number of carboxylic acid groups (broad SMARTS) is 1. The minimum Gasteiger partial charge on any atom is -0.481 e. The first kappa shape index (κ1) is 15.3. The van der Waals surface area contributed by atoms with Crippen molar-refractivity contribution >= 4 is 11.9 Å². The smallest absolute Gasteiger partial charge is 0.311 e. The number of hydrogen-bond donors (Lipinski definition) is 2. The van der Waals surface area contributed by atoms with Gasteiger partial charge in [-0.25, -0.2) is 0 Å². The zero-order chi connectivity index (χ0) is 14.8. The summed E-state index contributed by atoms with van der Waals surface area (Å²) in [6.45, 7) is 4.59. The van der Waals surface area contributed by atoms with Gasteiger partial charge in [0.25, 0.3) is 0 Å². The van der Waals surface area contributed by atoms with E-state index in [1.807, 2.05) is 0 Å². The maximum absolute atomic E-state index is 12.2. The number of hydrogen-bond acceptors (Lipinski definition) is 2. The zero-order valence-electron chi connectivity index (χ0n) is 12.7. The lowest BCUT2D eigenvalue weighted by atomic mass is 9.70. The molecule has 2 rings (SSSR count). The molecule has 2 N–H and O–H groups in total. The average molecular weight is 281 g/mol. The molecule has 0 heterocycles. The highest BCUT2D eigenvalue weighted by Gasteiger charge is 2.42. The lowest BCUT2D eigenvalue weighted by Gasteiger charge is -2.36. The molecule has 2 unspecified atom stereocenters. The molecule has 0 bridgehead atoms. The lowest BCUT2D eigenvalue weighted by Crippen LogP contribution is -2.46. The molecule has 2 atom stereocenters. The van der Waals surface area contributed by atoms with E-state index in [0.717, 1.165) is 32.1 Å². The summed E-state index contributed by atoms with van der Waals surface area (Å²) in [5, 5.41) is 12.5. The minimum absolute atomic E-state index is 0.0641. The number of rotatable bonds is 4. The Labute approximate surface area is 121 Å². The number of amides is 1. The Balaban J connectivity index is 1.92. The standard InChI is InChI=1S/C16H27NO3/c1-11-6-8-16(9-7-11,15(19)20)10-17-14(18)13-5-3-4-12(13)2/h11-13H,3-10H2,1-2H3,(H,17,18)(H,19,20). The molecule has 0 aliphatic heterocycles. The molecule has 4 nitrogen and oxygen atoms in total. The second-order valence-electron chi connectivity index (χ2n) is 7.00. The van der Waals surface area contributed by atoms with Crippen molar-refractivity contribution in [1.82, 2.24) is 5.32 Å². The first-order valence-electron chi connectivity index (χ1n) is 7.96. The molecule has 2 aliphatic carbocycles. The van der Waals surface area contributed by atoms with Crippen LogP contribution in [0.3, 0.4) is 0 Å². The highest BCUT2D eigenvalue weighted by atomic mass is 16.4. The van der Waals surface area contributed by atoms with Crippen LogP contribution in [0.2, 0.25) is 0 Å². The summed E-state index contributed by atoms with van der Waals surface area (Å²) in [5.74, 6) is 0.442. The third-order valence-electron chi connectivity index (χ3n) is 5.48. The van der Waals surface area contributed by atoms with Gasteiger partial charge in [0, 0.05) is 12.5 Å². The fraction of sp³-hybridized carbons (Fsp3) is 0.875. The van der Waals surface area contributed by atoms with Crippen molar-refractivity contribution < 1.29 is 14.7 Å². The zero-order valence-corrected chi connectivity index (χ0v) is 12.7. The summed E-state index contributed by atoms with van der Waals surface area (Å²) < 4.78 is 0. The fourth-order valence-electron chi connectivity index (χ4n) is 3.70. The van der Waals surface area contributed by atoms with Gasteiger partial charge in [0.05, 0.1) is 5.41 Å². The van der Waals surface area contributed by atoms with Crippen molar-refractivity contribution in [2.24, 2.45) is 23.2 Å². The van der Waals surface area contributed by atoms with E-state index in [2.05, 4.69) is 19.2 Å². The lowest BCUT2D eigenvalue weighted by molar-refractivity contribution is -0.151. The average Bonchev–Trinajstić information content (AvgIpc) is 2.84. The van der Waals surface area contributed by atoms with Crippen LogP contribution in [0.1, 0.15) is 58.8 Å². The SMILES string of the molecule is CC1CCC(CNC(=O)C2CCCC2C)(C(=O)O)CC1. The van der Waals surface area contributed by atoms with Gasteiger partial charge in [0.1, 0.15) is 0 Å². The molecule has 114 valence electrons. The third-order valence-corrected chi connectivity index (χ3v) is 5.48. The van der Waals surface area contributed by atoms with Crippen LogP contribution in [0, 0.1) is 23.2 Å². The highest BCUT2D eigenvalue weighted by Crippen LogP contribution is 2.39. The number of carbonyl (C=O) groups excluding carboxylic acids is 1. The molecule has 0 aromatic heterocycles. The molecule has 2 fully saturated rings. The van der Waals surface area contributed by atoms with Gasteiger partial charge in [-0.05, 0) is 50.4 Å². The van der Waals surface area contributed by atoms with E-state index in [0.29, 0.717) is 31.2 Å². The second-order valence-corrected chi connectivity index (χ2v) is 7.00. The van der Waals surface area contributed by atoms with Crippen LogP contribution in [0.4, 0.5) is 0 Å². The molecule has 0 spiro atoms. The largest absolute Gasteiger partial charge is 0.481 e. The van der Waals surface area contributed by atoms with Gasteiger partial charge in [0.2, 0.25) is 5.91 Å². The molecule has 2 aliphatic rings. The summed E-state index contributed by atoms with van der Waals surface area (Å²) in [7, 11) is 0. The van der Waals surface area contributed by atoms with Gasteiger partial charge in [-0.3, -0.25) is 9.59 Å². The van der Waals surface area contributed by atoms with Crippen molar-refractivity contribution in [2.45, 2.75) is 58.8 Å². The Kier molecular flexibility index (Phi) is 4.71. The van der Waals surface area contributed by atoms with E-state index in [4.69, 9.17) is 0 Å². The van der Waals surface area contributed by atoms with E-state index in [9.17, 15) is 14.7 Å². The van der Waals surface area contributed by atoms with E-state index in [1.54, 1.807) is 0 Å². The van der Waals surface area contributed by atoms with Crippen LogP contribution in [0.15, 0.2) is 0 Å². The topological polar surface area (TPSA) is 66.4 Å². The number of carbonyl (C=O) groups is 2. The Hall–Kier alpha value is -1.06. The summed E-state index contributed by atoms with van der Waals surface area (Å²) in [4.78, 5) is 23.9. The van der Waals surface area contributed by atoms with Crippen LogP contribution >= 0.6 is 0 Å². The Morgan fingerprint density at radius 1 is 1.15 bits per heavy atom. The Morgan fingerprint density at radius 3 is 2.30 bits per heavy atom. The summed E-state index contributed by atoms with van der Waals surface area (Å²) in [6.07, 6.45) is 6.43. The fourth-order valence-corrected chi connectivity index (χ4v) is 3.70. The molecular weight excluding hydrogens is 254 g/mol. The molecule has 0 aromatic carbocycles. The van der Waals surface area contributed by atoms with E-state index < -0.39 is 11.4 Å². The van der Waals surface area contributed by atoms with Crippen LogP contribution in [-0.4, -0.2) is 23.5 Å². The van der Waals surface area contributed by atoms with Crippen LogP contribution in [0.5, 0.6) is 0 Å². The van der Waals surface area contributed by atoms with Crippen LogP contribution < -0.4 is 5.32 Å². The van der Waals surface area contributed by atoms with Crippen molar-refractivity contribution in [1.29, 1.82) is 0 Å². The molecule has 4 heteroatoms.